The van der Waals surface area contributed by atoms with Gasteiger partial charge in [0.2, 0.25) is 5.91 Å². The number of nitrogens with one attached hydrogen (secondary N) is 2. The number of thioether (sulfide) groups is 1. The molecule has 3 aromatic carbocycles. The van der Waals surface area contributed by atoms with Crippen molar-refractivity contribution in [1.29, 1.82) is 0 Å². The van der Waals surface area contributed by atoms with E-state index in [-0.39, 0.29) is 16.5 Å². The number of rotatable bonds is 11. The van der Waals surface area contributed by atoms with Crippen LogP contribution >= 0.6 is 11.8 Å². The van der Waals surface area contributed by atoms with Crippen molar-refractivity contribution in [1.82, 2.24) is 0 Å². The van der Waals surface area contributed by atoms with Crippen LogP contribution < -0.4 is 29.0 Å². The molecule has 1 amide bonds. The molecule has 3 aromatic rings. The lowest BCUT2D eigenvalue weighted by Crippen LogP contribution is -2.22. The molecule has 36 heavy (non-hydrogen) atoms. The lowest BCUT2D eigenvalue weighted by Gasteiger charge is -2.15. The van der Waals surface area contributed by atoms with Gasteiger partial charge in [0.05, 0.1) is 44.3 Å². The van der Waals surface area contributed by atoms with E-state index in [4.69, 9.17) is 18.9 Å². The van der Waals surface area contributed by atoms with E-state index >= 15 is 0 Å². The zero-order valence-corrected chi connectivity index (χ0v) is 22.2. The van der Waals surface area contributed by atoms with E-state index < -0.39 is 15.3 Å². The van der Waals surface area contributed by atoms with Crippen LogP contribution in [0.25, 0.3) is 0 Å². The monoisotopic (exact) mass is 532 g/mol. The Bertz CT molecular complexity index is 1310. The first kappa shape index (κ1) is 27.0. The number of sulfonamides is 1. The summed E-state index contributed by atoms with van der Waals surface area (Å²) in [7, 11) is 2.17. The highest BCUT2D eigenvalue weighted by Gasteiger charge is 2.19. The number of methoxy groups -OCH3 is 4. The molecule has 0 heterocycles. The Balaban J connectivity index is 1.66. The van der Waals surface area contributed by atoms with E-state index in [1.807, 2.05) is 6.07 Å². The molecule has 11 heteroatoms. The summed E-state index contributed by atoms with van der Waals surface area (Å²) >= 11 is 1.36. The number of hydrogen-bond donors (Lipinski definition) is 2. The van der Waals surface area contributed by atoms with Crippen molar-refractivity contribution in [2.24, 2.45) is 0 Å². The largest absolute Gasteiger partial charge is 0.497 e. The maximum atomic E-state index is 12.9. The van der Waals surface area contributed by atoms with E-state index in [2.05, 4.69) is 10.0 Å². The highest BCUT2D eigenvalue weighted by Crippen LogP contribution is 2.34. The predicted molar refractivity (Wildman–Crippen MR) is 140 cm³/mol. The number of hydrogen-bond acceptors (Lipinski definition) is 8. The predicted octanol–water partition coefficient (Wildman–Crippen LogP) is 4.64. The minimum Gasteiger partial charge on any atom is -0.497 e. The Kier molecular flexibility index (Phi) is 8.94. The highest BCUT2D eigenvalue weighted by molar-refractivity contribution is 8.00. The van der Waals surface area contributed by atoms with Crippen molar-refractivity contribution < 1.29 is 32.2 Å². The molecule has 0 saturated heterocycles. The maximum Gasteiger partial charge on any atom is 0.262 e. The molecule has 1 atom stereocenters. The molecule has 0 radical (unpaired) electrons. The van der Waals surface area contributed by atoms with Gasteiger partial charge in [0.25, 0.3) is 10.0 Å². The molecule has 0 aliphatic rings. The van der Waals surface area contributed by atoms with Crippen LogP contribution in [-0.2, 0) is 14.8 Å². The molecule has 9 nitrogen and oxygen atoms in total. The summed E-state index contributed by atoms with van der Waals surface area (Å²) < 4.78 is 49.2. The van der Waals surface area contributed by atoms with Crippen molar-refractivity contribution in [3.05, 3.63) is 60.7 Å². The first-order chi connectivity index (χ1) is 17.2. The topological polar surface area (TPSA) is 112 Å². The molecule has 3 rings (SSSR count). The zero-order chi connectivity index (χ0) is 26.3. The second-order valence-corrected chi connectivity index (χ2v) is 10.6. The zero-order valence-electron chi connectivity index (χ0n) is 20.5. The van der Waals surface area contributed by atoms with Gasteiger partial charge in [0, 0.05) is 16.6 Å². The van der Waals surface area contributed by atoms with E-state index in [0.29, 0.717) is 28.7 Å². The van der Waals surface area contributed by atoms with Crippen molar-refractivity contribution in [3.8, 4) is 23.0 Å². The van der Waals surface area contributed by atoms with Crippen LogP contribution in [0.4, 0.5) is 11.4 Å². The summed E-state index contributed by atoms with van der Waals surface area (Å²) in [5, 5.41) is 2.39. The van der Waals surface area contributed by atoms with Crippen molar-refractivity contribution in [3.63, 3.8) is 0 Å². The van der Waals surface area contributed by atoms with E-state index in [1.165, 1.54) is 50.2 Å². The summed E-state index contributed by atoms with van der Waals surface area (Å²) in [6.07, 6.45) is 0. The fraction of sp³-hybridized carbons (Fsp3) is 0.240. The second-order valence-electron chi connectivity index (χ2n) is 7.46. The van der Waals surface area contributed by atoms with E-state index in [1.54, 1.807) is 51.5 Å². The lowest BCUT2D eigenvalue weighted by atomic mass is 10.3. The van der Waals surface area contributed by atoms with Crippen LogP contribution in [0, 0.1) is 0 Å². The van der Waals surface area contributed by atoms with Gasteiger partial charge in [-0.1, -0.05) is 0 Å². The quantitative estimate of drug-likeness (QED) is 0.344. The molecule has 0 aliphatic heterocycles. The van der Waals surface area contributed by atoms with Crippen LogP contribution in [0.2, 0.25) is 0 Å². The average Bonchev–Trinajstić information content (AvgIpc) is 2.88. The third kappa shape index (κ3) is 6.55. The summed E-state index contributed by atoms with van der Waals surface area (Å²) in [6.45, 7) is 1.78. The first-order valence-electron chi connectivity index (χ1n) is 10.7. The van der Waals surface area contributed by atoms with Crippen LogP contribution in [0.1, 0.15) is 6.92 Å². The molecule has 0 fully saturated rings. The fourth-order valence-electron chi connectivity index (χ4n) is 3.20. The third-order valence-corrected chi connectivity index (χ3v) is 7.60. The van der Waals surface area contributed by atoms with Gasteiger partial charge in [0.15, 0.2) is 11.5 Å². The Labute approximate surface area is 215 Å². The molecule has 0 unspecified atom stereocenters. The number of anilines is 2. The number of carbonyl (C=O) groups is 1. The first-order valence-corrected chi connectivity index (χ1v) is 13.1. The van der Waals surface area contributed by atoms with Gasteiger partial charge in [-0.05, 0) is 61.5 Å². The molecule has 0 aliphatic carbocycles. The standard InChI is InChI=1S/C25H28N2O7S2/c1-16(35-19-9-13-22(32-3)24(15-19)34-5)25(28)26-17-6-10-20(11-7-17)36(29,30)27-21-12-8-18(31-2)14-23(21)33-4/h6-16,27H,1-5H3,(H,26,28)/t16-/m0/s1. The smallest absolute Gasteiger partial charge is 0.262 e. The van der Waals surface area contributed by atoms with Crippen molar-refractivity contribution >= 4 is 39.1 Å². The van der Waals surface area contributed by atoms with Crippen LogP contribution in [0.15, 0.2) is 70.5 Å². The normalized spacial score (nSPS) is 11.8. The molecular weight excluding hydrogens is 504 g/mol. The summed E-state index contributed by atoms with van der Waals surface area (Å²) in [6, 6.07) is 16.1. The fourth-order valence-corrected chi connectivity index (χ4v) is 5.16. The summed E-state index contributed by atoms with van der Waals surface area (Å²) in [5.74, 6) is 1.81. The number of ether oxygens (including phenoxy) is 4. The Morgan fingerprint density at radius 2 is 1.47 bits per heavy atom. The molecule has 0 saturated carbocycles. The third-order valence-electron chi connectivity index (χ3n) is 5.12. The SMILES string of the molecule is COc1ccc(NS(=O)(=O)c2ccc(NC(=O)[C@H](C)Sc3ccc(OC)c(OC)c3)cc2)c(OC)c1. The van der Waals surface area contributed by atoms with Crippen molar-refractivity contribution in [2.75, 3.05) is 38.5 Å². The van der Waals surface area contributed by atoms with Gasteiger partial charge in [0.1, 0.15) is 11.5 Å². The van der Waals surface area contributed by atoms with Gasteiger partial charge < -0.3 is 24.3 Å². The van der Waals surface area contributed by atoms with Crippen LogP contribution in [-0.4, -0.2) is 48.0 Å². The van der Waals surface area contributed by atoms with Gasteiger partial charge in [-0.3, -0.25) is 9.52 Å². The van der Waals surface area contributed by atoms with E-state index in [0.717, 1.165) is 4.90 Å². The highest BCUT2D eigenvalue weighted by atomic mass is 32.2. The average molecular weight is 533 g/mol. The molecule has 0 spiro atoms. The van der Waals surface area contributed by atoms with E-state index in [9.17, 15) is 13.2 Å². The maximum absolute atomic E-state index is 12.9. The molecule has 0 bridgehead atoms. The number of carbonyl (C=O) groups excluding carboxylic acids is 1. The Morgan fingerprint density at radius 1 is 0.806 bits per heavy atom. The summed E-state index contributed by atoms with van der Waals surface area (Å²) in [4.78, 5) is 13.6. The van der Waals surface area contributed by atoms with Crippen LogP contribution in [0.3, 0.4) is 0 Å². The second kappa shape index (κ2) is 11.9. The lowest BCUT2D eigenvalue weighted by molar-refractivity contribution is -0.115. The van der Waals surface area contributed by atoms with Crippen LogP contribution in [0.5, 0.6) is 23.0 Å². The molecule has 192 valence electrons. The number of benzene rings is 3. The Morgan fingerprint density at radius 3 is 2.08 bits per heavy atom. The van der Waals surface area contributed by atoms with Crippen molar-refractivity contribution in [2.45, 2.75) is 22.0 Å². The van der Waals surface area contributed by atoms with Gasteiger partial charge in [-0.2, -0.15) is 0 Å². The van der Waals surface area contributed by atoms with Gasteiger partial charge in [-0.25, -0.2) is 8.42 Å². The van der Waals surface area contributed by atoms with Gasteiger partial charge >= 0.3 is 0 Å². The Hall–Kier alpha value is -3.57. The molecule has 2 N–H and O–H groups in total. The minimum atomic E-state index is -3.89. The molecule has 0 aromatic heterocycles. The van der Waals surface area contributed by atoms with Gasteiger partial charge in [-0.15, -0.1) is 11.8 Å². The molecular formula is C25H28N2O7S2. The summed E-state index contributed by atoms with van der Waals surface area (Å²) in [5.41, 5.74) is 0.748. The number of amides is 1. The minimum absolute atomic E-state index is 0.0334.